The summed E-state index contributed by atoms with van der Waals surface area (Å²) >= 11 is 0. The molecule has 0 heterocycles. The molecule has 1 aromatic rings. The number of carbonyl (C=O) groups excluding carboxylic acids is 2. The number of hydrogen-bond donors (Lipinski definition) is 0. The lowest BCUT2D eigenvalue weighted by Crippen LogP contribution is -2.22. The van der Waals surface area contributed by atoms with Crippen molar-refractivity contribution in [1.82, 2.24) is 0 Å². The Morgan fingerprint density at radius 2 is 2.00 bits per heavy atom. The highest BCUT2D eigenvalue weighted by atomic mass is 19.4. The van der Waals surface area contributed by atoms with E-state index in [2.05, 4.69) is 0 Å². The average Bonchev–Trinajstić information content (AvgIpc) is 2.40. The van der Waals surface area contributed by atoms with Gasteiger partial charge in [-0.15, -0.1) is 0 Å². The normalized spacial score (nSPS) is 19.9. The van der Waals surface area contributed by atoms with Crippen LogP contribution in [0.3, 0.4) is 0 Å². The summed E-state index contributed by atoms with van der Waals surface area (Å²) < 4.78 is 37.8. The van der Waals surface area contributed by atoms with Crippen molar-refractivity contribution in [1.29, 1.82) is 0 Å². The fraction of sp³-hybridized carbons (Fsp3) is 0.467. The third-order valence-electron chi connectivity index (χ3n) is 3.62. The molecule has 5 heteroatoms. The van der Waals surface area contributed by atoms with E-state index in [-0.39, 0.29) is 23.7 Å². The van der Waals surface area contributed by atoms with Crippen LogP contribution < -0.4 is 0 Å². The molecule has 1 aromatic carbocycles. The minimum atomic E-state index is -4.46. The minimum Gasteiger partial charge on any atom is -0.299 e. The Bertz CT molecular complexity index is 520. The number of benzene rings is 1. The summed E-state index contributed by atoms with van der Waals surface area (Å²) in [4.78, 5) is 23.7. The van der Waals surface area contributed by atoms with Crippen molar-refractivity contribution in [2.24, 2.45) is 5.92 Å². The second kappa shape index (κ2) is 5.77. The second-order valence-corrected chi connectivity index (χ2v) is 5.11. The van der Waals surface area contributed by atoms with Gasteiger partial charge in [-0.2, -0.15) is 13.2 Å². The van der Waals surface area contributed by atoms with Crippen molar-refractivity contribution in [2.75, 3.05) is 0 Å². The molecule has 1 atom stereocenters. The van der Waals surface area contributed by atoms with Gasteiger partial charge in [0.15, 0.2) is 5.78 Å². The summed E-state index contributed by atoms with van der Waals surface area (Å²) in [5.41, 5.74) is -0.809. The van der Waals surface area contributed by atoms with Crippen LogP contribution in [0.1, 0.15) is 48.0 Å². The minimum absolute atomic E-state index is 0.0140. The van der Waals surface area contributed by atoms with Crippen molar-refractivity contribution < 1.29 is 22.8 Å². The van der Waals surface area contributed by atoms with Crippen LogP contribution >= 0.6 is 0 Å². The second-order valence-electron chi connectivity index (χ2n) is 5.11. The topological polar surface area (TPSA) is 34.1 Å². The lowest BCUT2D eigenvalue weighted by atomic mass is 9.83. The Kier molecular flexibility index (Phi) is 4.26. The molecule has 0 saturated heterocycles. The highest BCUT2D eigenvalue weighted by molar-refractivity contribution is 5.99. The molecule has 0 spiro atoms. The molecule has 1 fully saturated rings. The smallest absolute Gasteiger partial charge is 0.299 e. The van der Waals surface area contributed by atoms with Gasteiger partial charge in [0.05, 0.1) is 5.56 Å². The van der Waals surface area contributed by atoms with Crippen LogP contribution in [0.2, 0.25) is 0 Å². The predicted molar refractivity (Wildman–Crippen MR) is 67.4 cm³/mol. The molecule has 0 aliphatic heterocycles. The van der Waals surface area contributed by atoms with Crippen LogP contribution in [-0.4, -0.2) is 11.6 Å². The van der Waals surface area contributed by atoms with Crippen molar-refractivity contribution >= 4 is 11.6 Å². The van der Waals surface area contributed by atoms with Gasteiger partial charge in [-0.3, -0.25) is 9.59 Å². The number of hydrogen-bond acceptors (Lipinski definition) is 2. The maximum absolute atomic E-state index is 12.6. The van der Waals surface area contributed by atoms with Crippen molar-refractivity contribution in [2.45, 2.75) is 38.3 Å². The van der Waals surface area contributed by atoms with E-state index >= 15 is 0 Å². The Morgan fingerprint density at radius 1 is 1.25 bits per heavy atom. The Morgan fingerprint density at radius 3 is 2.65 bits per heavy atom. The van der Waals surface area contributed by atoms with E-state index in [4.69, 9.17) is 0 Å². The number of Topliss-reactive ketones (excluding diaryl/α,β-unsaturated/α-hetero) is 2. The van der Waals surface area contributed by atoms with Crippen molar-refractivity contribution in [3.63, 3.8) is 0 Å². The van der Waals surface area contributed by atoms with E-state index in [1.165, 1.54) is 12.1 Å². The first-order valence-corrected chi connectivity index (χ1v) is 6.61. The van der Waals surface area contributed by atoms with Gasteiger partial charge in [0.25, 0.3) is 0 Å². The fourth-order valence-electron chi connectivity index (χ4n) is 2.48. The molecule has 0 aromatic heterocycles. The van der Waals surface area contributed by atoms with E-state index < -0.39 is 17.5 Å². The third kappa shape index (κ3) is 3.46. The molecule has 108 valence electrons. The lowest BCUT2D eigenvalue weighted by molar-refractivity contribution is -0.137. The summed E-state index contributed by atoms with van der Waals surface area (Å²) in [7, 11) is 0. The molecule has 2 rings (SSSR count). The Hall–Kier alpha value is -1.65. The first kappa shape index (κ1) is 14.8. The van der Waals surface area contributed by atoms with Gasteiger partial charge in [0.2, 0.25) is 0 Å². The molecule has 0 bridgehead atoms. The van der Waals surface area contributed by atoms with Crippen LogP contribution in [0.4, 0.5) is 13.2 Å². The molecule has 0 N–H and O–H groups in total. The van der Waals surface area contributed by atoms with Crippen LogP contribution in [-0.2, 0) is 11.0 Å². The summed E-state index contributed by atoms with van der Waals surface area (Å²) in [5, 5.41) is 0. The fourth-order valence-corrected chi connectivity index (χ4v) is 2.48. The number of carbonyl (C=O) groups is 2. The quantitative estimate of drug-likeness (QED) is 0.785. The number of ketones is 2. The van der Waals surface area contributed by atoms with Gasteiger partial charge in [0, 0.05) is 24.3 Å². The van der Waals surface area contributed by atoms with E-state index in [9.17, 15) is 22.8 Å². The lowest BCUT2D eigenvalue weighted by Gasteiger charge is -2.19. The Balaban J connectivity index is 2.11. The van der Waals surface area contributed by atoms with E-state index in [1.807, 2.05) is 0 Å². The molecular formula is C15H15F3O2. The van der Waals surface area contributed by atoms with Gasteiger partial charge in [-0.05, 0) is 25.0 Å². The third-order valence-corrected chi connectivity index (χ3v) is 3.62. The highest BCUT2D eigenvalue weighted by Crippen LogP contribution is 2.30. The van der Waals surface area contributed by atoms with Crippen LogP contribution in [0.25, 0.3) is 0 Å². The van der Waals surface area contributed by atoms with Crippen molar-refractivity contribution in [3.8, 4) is 0 Å². The van der Waals surface area contributed by atoms with Crippen LogP contribution in [0.15, 0.2) is 24.3 Å². The molecule has 2 nitrogen and oxygen atoms in total. The zero-order valence-electron chi connectivity index (χ0n) is 10.9. The van der Waals surface area contributed by atoms with Gasteiger partial charge in [0.1, 0.15) is 5.78 Å². The number of alkyl halides is 3. The first-order chi connectivity index (χ1) is 9.38. The molecule has 0 radical (unpaired) electrons. The standard InChI is InChI=1S/C15H15F3O2/c16-15(17,18)12-6-3-5-10(8-12)14(20)9-11-4-1-2-7-13(11)19/h3,5-6,8,11H,1-2,4,7,9H2/t11-/m1/s1. The summed E-state index contributed by atoms with van der Waals surface area (Å²) in [5.74, 6) is -0.668. The average molecular weight is 284 g/mol. The molecule has 20 heavy (non-hydrogen) atoms. The predicted octanol–water partition coefficient (Wildman–Crippen LogP) is 4.04. The number of rotatable bonds is 3. The van der Waals surface area contributed by atoms with E-state index in [0.29, 0.717) is 12.8 Å². The molecule has 1 aliphatic rings. The molecule has 1 aliphatic carbocycles. The van der Waals surface area contributed by atoms with Gasteiger partial charge in [-0.1, -0.05) is 18.6 Å². The maximum Gasteiger partial charge on any atom is 0.416 e. The van der Waals surface area contributed by atoms with Gasteiger partial charge >= 0.3 is 6.18 Å². The highest BCUT2D eigenvalue weighted by Gasteiger charge is 2.31. The summed E-state index contributed by atoms with van der Waals surface area (Å²) in [6.45, 7) is 0. The maximum atomic E-state index is 12.6. The SMILES string of the molecule is O=C(C[C@H]1CCCCC1=O)c1cccc(C(F)(F)F)c1. The zero-order chi connectivity index (χ0) is 14.8. The van der Waals surface area contributed by atoms with Crippen molar-refractivity contribution in [3.05, 3.63) is 35.4 Å². The van der Waals surface area contributed by atoms with Crippen LogP contribution in [0.5, 0.6) is 0 Å². The molecule has 1 saturated carbocycles. The van der Waals surface area contributed by atoms with Gasteiger partial charge < -0.3 is 0 Å². The first-order valence-electron chi connectivity index (χ1n) is 6.61. The largest absolute Gasteiger partial charge is 0.416 e. The molecular weight excluding hydrogens is 269 g/mol. The molecule has 0 amide bonds. The van der Waals surface area contributed by atoms with E-state index in [1.54, 1.807) is 0 Å². The summed E-state index contributed by atoms with van der Waals surface area (Å²) in [6.07, 6.45) is -1.58. The van der Waals surface area contributed by atoms with Crippen LogP contribution in [0, 0.1) is 5.92 Å². The van der Waals surface area contributed by atoms with E-state index in [0.717, 1.165) is 25.0 Å². The molecule has 0 unspecified atom stereocenters. The van der Waals surface area contributed by atoms with Gasteiger partial charge in [-0.25, -0.2) is 0 Å². The number of halogens is 3. The Labute approximate surface area is 115 Å². The summed E-state index contributed by atoms with van der Waals surface area (Å²) in [6, 6.07) is 4.38. The zero-order valence-corrected chi connectivity index (χ0v) is 10.9. The monoisotopic (exact) mass is 284 g/mol.